The Labute approximate surface area is 114 Å². The Kier molecular flexibility index (Phi) is 3.69. The van der Waals surface area contributed by atoms with Gasteiger partial charge in [0.1, 0.15) is 7.05 Å². The van der Waals surface area contributed by atoms with E-state index in [2.05, 4.69) is 11.8 Å². The standard InChI is InChI=1S/C17H19N2/c1-17(2,18)16-10-8-14(9-11-16)6-7-15-5-4-12-19(3)13-15/h4-5,8-13H,18H2,1-3H3/q+1. The van der Waals surface area contributed by atoms with Crippen molar-refractivity contribution in [2.75, 3.05) is 0 Å². The number of hydrogen-bond acceptors (Lipinski definition) is 1. The van der Waals surface area contributed by atoms with E-state index in [9.17, 15) is 0 Å². The molecule has 96 valence electrons. The van der Waals surface area contributed by atoms with Crippen LogP contribution in [0.3, 0.4) is 0 Å². The van der Waals surface area contributed by atoms with Crippen molar-refractivity contribution in [2.45, 2.75) is 19.4 Å². The maximum atomic E-state index is 6.05. The Bertz CT molecular complexity index is 623. The van der Waals surface area contributed by atoms with E-state index < -0.39 is 0 Å². The lowest BCUT2D eigenvalue weighted by atomic mass is 9.95. The molecule has 19 heavy (non-hydrogen) atoms. The first-order valence-corrected chi connectivity index (χ1v) is 6.32. The normalized spacial score (nSPS) is 10.7. The van der Waals surface area contributed by atoms with Gasteiger partial charge in [0.2, 0.25) is 0 Å². The highest BCUT2D eigenvalue weighted by Gasteiger charge is 2.12. The van der Waals surface area contributed by atoms with Crippen LogP contribution in [0.15, 0.2) is 48.8 Å². The zero-order chi connectivity index (χ0) is 13.9. The Morgan fingerprint density at radius 1 is 1.00 bits per heavy atom. The average Bonchev–Trinajstić information content (AvgIpc) is 2.36. The Morgan fingerprint density at radius 2 is 1.63 bits per heavy atom. The van der Waals surface area contributed by atoms with Crippen LogP contribution in [-0.2, 0) is 12.6 Å². The lowest BCUT2D eigenvalue weighted by Crippen LogP contribution is -2.28. The summed E-state index contributed by atoms with van der Waals surface area (Å²) in [7, 11) is 1.99. The second-order valence-corrected chi connectivity index (χ2v) is 5.31. The van der Waals surface area contributed by atoms with Gasteiger partial charge >= 0.3 is 0 Å². The van der Waals surface area contributed by atoms with Crippen molar-refractivity contribution in [3.05, 3.63) is 65.5 Å². The minimum atomic E-state index is -0.306. The van der Waals surface area contributed by atoms with E-state index in [0.29, 0.717) is 0 Å². The van der Waals surface area contributed by atoms with Crippen molar-refractivity contribution >= 4 is 0 Å². The minimum absolute atomic E-state index is 0.306. The number of nitrogens with zero attached hydrogens (tertiary/aromatic N) is 1. The molecule has 0 fully saturated rings. The largest absolute Gasteiger partial charge is 0.322 e. The number of rotatable bonds is 1. The van der Waals surface area contributed by atoms with Crippen LogP contribution in [0.4, 0.5) is 0 Å². The molecule has 0 spiro atoms. The first-order valence-electron chi connectivity index (χ1n) is 6.32. The van der Waals surface area contributed by atoms with Gasteiger partial charge in [-0.2, -0.15) is 0 Å². The lowest BCUT2D eigenvalue weighted by molar-refractivity contribution is -0.671. The maximum Gasteiger partial charge on any atom is 0.184 e. The van der Waals surface area contributed by atoms with Crippen LogP contribution in [0.25, 0.3) is 0 Å². The molecule has 0 amide bonds. The summed E-state index contributed by atoms with van der Waals surface area (Å²) in [4.78, 5) is 0. The van der Waals surface area contributed by atoms with E-state index in [4.69, 9.17) is 5.73 Å². The fourth-order valence-corrected chi connectivity index (χ4v) is 1.79. The van der Waals surface area contributed by atoms with Gasteiger partial charge in [0.15, 0.2) is 12.4 Å². The first-order chi connectivity index (χ1) is 8.95. The van der Waals surface area contributed by atoms with E-state index in [0.717, 1.165) is 16.7 Å². The van der Waals surface area contributed by atoms with Gasteiger partial charge in [0, 0.05) is 17.2 Å². The highest BCUT2D eigenvalue weighted by Crippen LogP contribution is 2.16. The predicted octanol–water partition coefficient (Wildman–Crippen LogP) is 2.10. The van der Waals surface area contributed by atoms with Gasteiger partial charge in [-0.25, -0.2) is 4.57 Å². The molecule has 0 aliphatic heterocycles. The fraction of sp³-hybridized carbons (Fsp3) is 0.235. The molecule has 1 aromatic carbocycles. The van der Waals surface area contributed by atoms with Crippen molar-refractivity contribution < 1.29 is 4.57 Å². The SMILES string of the molecule is C[n+]1cccc(C#Cc2ccc(C(C)(C)N)cc2)c1. The molecule has 0 saturated heterocycles. The number of aryl methyl sites for hydroxylation is 1. The van der Waals surface area contributed by atoms with Crippen LogP contribution in [0, 0.1) is 11.8 Å². The van der Waals surface area contributed by atoms with Crippen LogP contribution in [0.2, 0.25) is 0 Å². The second kappa shape index (κ2) is 5.26. The smallest absolute Gasteiger partial charge is 0.184 e. The molecule has 0 unspecified atom stereocenters. The van der Waals surface area contributed by atoms with Crippen molar-refractivity contribution in [3.63, 3.8) is 0 Å². The van der Waals surface area contributed by atoms with Gasteiger partial charge < -0.3 is 5.73 Å². The zero-order valence-electron chi connectivity index (χ0n) is 11.6. The minimum Gasteiger partial charge on any atom is -0.322 e. The highest BCUT2D eigenvalue weighted by molar-refractivity contribution is 5.42. The van der Waals surface area contributed by atoms with Gasteiger partial charge in [0.05, 0.1) is 5.56 Å². The molecule has 0 radical (unpaired) electrons. The summed E-state index contributed by atoms with van der Waals surface area (Å²) in [5.41, 5.74) is 8.87. The number of aromatic nitrogens is 1. The molecule has 2 nitrogen and oxygen atoms in total. The molecular formula is C17H19N2+. The van der Waals surface area contributed by atoms with Crippen molar-refractivity contribution in [3.8, 4) is 11.8 Å². The van der Waals surface area contributed by atoms with Crippen LogP contribution in [0.5, 0.6) is 0 Å². The van der Waals surface area contributed by atoms with Crippen LogP contribution >= 0.6 is 0 Å². The monoisotopic (exact) mass is 251 g/mol. The van der Waals surface area contributed by atoms with E-state index in [-0.39, 0.29) is 5.54 Å². The molecule has 0 aliphatic rings. The third-order valence-electron chi connectivity index (χ3n) is 2.92. The number of pyridine rings is 1. The van der Waals surface area contributed by atoms with E-state index >= 15 is 0 Å². The summed E-state index contributed by atoms with van der Waals surface area (Å²) in [5.74, 6) is 6.32. The van der Waals surface area contributed by atoms with Crippen LogP contribution in [0.1, 0.15) is 30.5 Å². The summed E-state index contributed by atoms with van der Waals surface area (Å²) in [6.07, 6.45) is 3.99. The van der Waals surface area contributed by atoms with Crippen molar-refractivity contribution in [1.29, 1.82) is 0 Å². The summed E-state index contributed by atoms with van der Waals surface area (Å²) in [6.45, 7) is 4.00. The number of benzene rings is 1. The number of nitrogens with two attached hydrogens (primary N) is 1. The van der Waals surface area contributed by atoms with Gasteiger partial charge in [-0.05, 0) is 37.6 Å². The Balaban J connectivity index is 2.21. The van der Waals surface area contributed by atoms with E-state index in [1.165, 1.54) is 0 Å². The van der Waals surface area contributed by atoms with Gasteiger partial charge in [0.25, 0.3) is 0 Å². The molecule has 1 aromatic heterocycles. The number of hydrogen-bond donors (Lipinski definition) is 1. The van der Waals surface area contributed by atoms with Crippen LogP contribution in [-0.4, -0.2) is 0 Å². The van der Waals surface area contributed by atoms with Gasteiger partial charge in [-0.1, -0.05) is 24.0 Å². The molecule has 1 heterocycles. The molecule has 2 N–H and O–H groups in total. The molecular weight excluding hydrogens is 232 g/mol. The van der Waals surface area contributed by atoms with Crippen molar-refractivity contribution in [2.24, 2.45) is 12.8 Å². The second-order valence-electron chi connectivity index (χ2n) is 5.31. The zero-order valence-corrected chi connectivity index (χ0v) is 11.6. The maximum absolute atomic E-state index is 6.05. The average molecular weight is 251 g/mol. The third kappa shape index (κ3) is 3.67. The molecule has 0 saturated carbocycles. The van der Waals surface area contributed by atoms with Crippen LogP contribution < -0.4 is 10.3 Å². The highest BCUT2D eigenvalue weighted by atomic mass is 14.9. The molecule has 0 aliphatic carbocycles. The molecule has 2 rings (SSSR count). The topological polar surface area (TPSA) is 29.9 Å². The summed E-state index contributed by atoms with van der Waals surface area (Å²) in [6, 6.07) is 12.1. The Hall–Kier alpha value is -2.11. The lowest BCUT2D eigenvalue weighted by Gasteiger charge is -2.18. The summed E-state index contributed by atoms with van der Waals surface area (Å²) in [5, 5.41) is 0. The first kappa shape index (κ1) is 13.3. The quantitative estimate of drug-likeness (QED) is 0.610. The van der Waals surface area contributed by atoms with Gasteiger partial charge in [-0.15, -0.1) is 0 Å². The molecule has 2 heteroatoms. The van der Waals surface area contributed by atoms with E-state index in [1.54, 1.807) is 0 Å². The molecule has 0 atom stereocenters. The predicted molar refractivity (Wildman–Crippen MR) is 77.3 cm³/mol. The Morgan fingerprint density at radius 3 is 2.21 bits per heavy atom. The summed E-state index contributed by atoms with van der Waals surface area (Å²) >= 11 is 0. The fourth-order valence-electron chi connectivity index (χ4n) is 1.79. The van der Waals surface area contributed by atoms with E-state index in [1.807, 2.05) is 74.3 Å². The molecule has 0 bridgehead atoms. The summed E-state index contributed by atoms with van der Waals surface area (Å²) < 4.78 is 1.99. The third-order valence-corrected chi connectivity index (χ3v) is 2.92. The van der Waals surface area contributed by atoms with Crippen molar-refractivity contribution in [1.82, 2.24) is 0 Å². The van der Waals surface area contributed by atoms with Gasteiger partial charge in [-0.3, -0.25) is 0 Å². The molecule has 2 aromatic rings.